The van der Waals surface area contributed by atoms with Gasteiger partial charge in [0, 0.05) is 25.7 Å². The fourth-order valence-electron chi connectivity index (χ4n) is 2.91. The third-order valence-corrected chi connectivity index (χ3v) is 4.40. The van der Waals surface area contributed by atoms with Gasteiger partial charge in [-0.3, -0.25) is 4.79 Å². The number of hydrogen-bond donors (Lipinski definition) is 1. The molecule has 1 saturated heterocycles. The smallest absolute Gasteiger partial charge is 0.226 e. The van der Waals surface area contributed by atoms with Crippen molar-refractivity contribution in [3.63, 3.8) is 0 Å². The molecule has 0 bridgehead atoms. The molecular weight excluding hydrogens is 337 g/mol. The maximum absolute atomic E-state index is 12.4. The second-order valence-electron chi connectivity index (χ2n) is 6.33. The molecule has 6 nitrogen and oxygen atoms in total. The molecule has 1 aromatic rings. The van der Waals surface area contributed by atoms with Gasteiger partial charge in [-0.25, -0.2) is 9.67 Å². The van der Waals surface area contributed by atoms with Crippen LogP contribution >= 0.6 is 24.8 Å². The fraction of sp³-hybridized carbons (Fsp3) is 0.800. The normalized spacial score (nSPS) is 20.2. The number of hydrogen-bond acceptors (Lipinski definition) is 4. The van der Waals surface area contributed by atoms with Gasteiger partial charge in [0.05, 0.1) is 5.92 Å². The SMILES string of the molecule is Cc1nc(C)n(CC2CCCN(C(=O)C(C)C(C)N)C2)n1.Cl.Cl. The number of nitrogens with zero attached hydrogens (tertiary/aromatic N) is 4. The van der Waals surface area contributed by atoms with Gasteiger partial charge in [-0.15, -0.1) is 24.8 Å². The van der Waals surface area contributed by atoms with Crippen LogP contribution < -0.4 is 5.73 Å². The molecule has 3 unspecified atom stereocenters. The van der Waals surface area contributed by atoms with Gasteiger partial charge in [0.25, 0.3) is 0 Å². The first-order valence-corrected chi connectivity index (χ1v) is 7.81. The average Bonchev–Trinajstić information content (AvgIpc) is 2.75. The van der Waals surface area contributed by atoms with E-state index in [0.29, 0.717) is 5.92 Å². The number of piperidine rings is 1. The summed E-state index contributed by atoms with van der Waals surface area (Å²) in [6.07, 6.45) is 2.18. The van der Waals surface area contributed by atoms with Crippen molar-refractivity contribution in [3.05, 3.63) is 11.6 Å². The van der Waals surface area contributed by atoms with Crippen molar-refractivity contribution in [1.29, 1.82) is 0 Å². The van der Waals surface area contributed by atoms with Crippen LogP contribution in [-0.4, -0.2) is 44.7 Å². The number of nitrogens with two attached hydrogens (primary N) is 1. The minimum absolute atomic E-state index is 0. The van der Waals surface area contributed by atoms with Gasteiger partial charge in [0.2, 0.25) is 5.91 Å². The average molecular weight is 366 g/mol. The fourth-order valence-corrected chi connectivity index (χ4v) is 2.91. The topological polar surface area (TPSA) is 77.0 Å². The van der Waals surface area contributed by atoms with E-state index in [1.165, 1.54) is 0 Å². The van der Waals surface area contributed by atoms with E-state index in [2.05, 4.69) is 10.1 Å². The minimum Gasteiger partial charge on any atom is -0.342 e. The number of aromatic nitrogens is 3. The Morgan fingerprint density at radius 2 is 2.00 bits per heavy atom. The number of aryl methyl sites for hydroxylation is 2. The predicted molar refractivity (Wildman–Crippen MR) is 96.1 cm³/mol. The van der Waals surface area contributed by atoms with Gasteiger partial charge in [0.15, 0.2) is 0 Å². The van der Waals surface area contributed by atoms with Gasteiger partial charge >= 0.3 is 0 Å². The lowest BCUT2D eigenvalue weighted by atomic mass is 9.95. The van der Waals surface area contributed by atoms with Crippen molar-refractivity contribution < 1.29 is 4.79 Å². The van der Waals surface area contributed by atoms with Crippen LogP contribution in [0.5, 0.6) is 0 Å². The molecule has 2 N–H and O–H groups in total. The first-order chi connectivity index (χ1) is 9.88. The van der Waals surface area contributed by atoms with Gasteiger partial charge < -0.3 is 10.6 Å². The van der Waals surface area contributed by atoms with Crippen molar-refractivity contribution in [2.45, 2.75) is 53.1 Å². The number of carbonyl (C=O) groups is 1. The molecule has 134 valence electrons. The Morgan fingerprint density at radius 1 is 1.35 bits per heavy atom. The highest BCUT2D eigenvalue weighted by atomic mass is 35.5. The highest BCUT2D eigenvalue weighted by molar-refractivity contribution is 5.85. The molecule has 0 aliphatic carbocycles. The summed E-state index contributed by atoms with van der Waals surface area (Å²) in [7, 11) is 0. The van der Waals surface area contributed by atoms with Crippen molar-refractivity contribution >= 4 is 30.7 Å². The molecule has 1 aliphatic rings. The molecule has 0 saturated carbocycles. The van der Waals surface area contributed by atoms with E-state index in [-0.39, 0.29) is 42.7 Å². The number of likely N-dealkylation sites (tertiary alicyclic amines) is 1. The first-order valence-electron chi connectivity index (χ1n) is 7.81. The third kappa shape index (κ3) is 5.62. The van der Waals surface area contributed by atoms with E-state index in [1.807, 2.05) is 37.3 Å². The molecule has 2 heterocycles. The number of rotatable bonds is 4. The molecule has 0 radical (unpaired) electrons. The Bertz CT molecular complexity index is 506. The van der Waals surface area contributed by atoms with Crippen LogP contribution in [0.4, 0.5) is 0 Å². The molecule has 8 heteroatoms. The van der Waals surface area contributed by atoms with Crippen LogP contribution in [-0.2, 0) is 11.3 Å². The quantitative estimate of drug-likeness (QED) is 0.884. The van der Waals surface area contributed by atoms with Crippen LogP contribution in [0.15, 0.2) is 0 Å². The summed E-state index contributed by atoms with van der Waals surface area (Å²) in [4.78, 5) is 18.7. The Hall–Kier alpha value is -0.850. The number of halogens is 2. The van der Waals surface area contributed by atoms with E-state index in [1.54, 1.807) is 0 Å². The Morgan fingerprint density at radius 3 is 2.52 bits per heavy atom. The van der Waals surface area contributed by atoms with Crippen LogP contribution in [0, 0.1) is 25.7 Å². The van der Waals surface area contributed by atoms with Crippen molar-refractivity contribution in [3.8, 4) is 0 Å². The second kappa shape index (κ2) is 9.45. The summed E-state index contributed by atoms with van der Waals surface area (Å²) in [5, 5.41) is 4.42. The van der Waals surface area contributed by atoms with E-state index in [4.69, 9.17) is 5.73 Å². The van der Waals surface area contributed by atoms with Gasteiger partial charge in [0.1, 0.15) is 11.6 Å². The van der Waals surface area contributed by atoms with Crippen LogP contribution in [0.2, 0.25) is 0 Å². The maximum atomic E-state index is 12.4. The molecule has 3 atom stereocenters. The molecule has 1 aromatic heterocycles. The number of carbonyl (C=O) groups excluding carboxylic acids is 1. The summed E-state index contributed by atoms with van der Waals surface area (Å²) in [5.41, 5.74) is 5.85. The van der Waals surface area contributed by atoms with Gasteiger partial charge in [-0.1, -0.05) is 6.92 Å². The largest absolute Gasteiger partial charge is 0.342 e. The Labute approximate surface area is 151 Å². The lowest BCUT2D eigenvalue weighted by molar-refractivity contribution is -0.137. The summed E-state index contributed by atoms with van der Waals surface area (Å²) in [6.45, 7) is 10.2. The third-order valence-electron chi connectivity index (χ3n) is 4.40. The van der Waals surface area contributed by atoms with E-state index in [9.17, 15) is 4.79 Å². The van der Waals surface area contributed by atoms with Crippen molar-refractivity contribution in [1.82, 2.24) is 19.7 Å². The molecule has 2 rings (SSSR count). The summed E-state index contributed by atoms with van der Waals surface area (Å²) in [6, 6.07) is -0.0990. The van der Waals surface area contributed by atoms with Crippen molar-refractivity contribution in [2.75, 3.05) is 13.1 Å². The summed E-state index contributed by atoms with van der Waals surface area (Å²) < 4.78 is 1.96. The molecule has 23 heavy (non-hydrogen) atoms. The van der Waals surface area contributed by atoms with Gasteiger partial charge in [-0.05, 0) is 39.5 Å². The van der Waals surface area contributed by atoms with Crippen LogP contribution in [0.3, 0.4) is 0 Å². The summed E-state index contributed by atoms with van der Waals surface area (Å²) >= 11 is 0. The standard InChI is InChI=1S/C15H27N5O.2ClH/c1-10(11(2)16)15(21)19-7-5-6-14(8-19)9-20-13(4)17-12(3)18-20;;/h10-11,14H,5-9,16H2,1-4H3;2*1H. The predicted octanol–water partition coefficient (Wildman–Crippen LogP) is 1.96. The highest BCUT2D eigenvalue weighted by Crippen LogP contribution is 2.20. The highest BCUT2D eigenvalue weighted by Gasteiger charge is 2.28. The minimum atomic E-state index is -0.112. The van der Waals surface area contributed by atoms with Crippen LogP contribution in [0.1, 0.15) is 38.3 Å². The summed E-state index contributed by atoms with van der Waals surface area (Å²) in [5.74, 6) is 2.27. The first kappa shape index (κ1) is 22.1. The zero-order valence-corrected chi connectivity index (χ0v) is 16.0. The molecule has 1 aliphatic heterocycles. The Kier molecular flexibility index (Phi) is 9.10. The van der Waals surface area contributed by atoms with E-state index >= 15 is 0 Å². The zero-order chi connectivity index (χ0) is 15.6. The maximum Gasteiger partial charge on any atom is 0.226 e. The molecule has 0 aromatic carbocycles. The van der Waals surface area contributed by atoms with E-state index < -0.39 is 0 Å². The number of amides is 1. The second-order valence-corrected chi connectivity index (χ2v) is 6.33. The molecule has 1 amide bonds. The molecular formula is C15H29Cl2N5O. The lowest BCUT2D eigenvalue weighted by Crippen LogP contribution is -2.46. The van der Waals surface area contributed by atoms with Crippen LogP contribution in [0.25, 0.3) is 0 Å². The van der Waals surface area contributed by atoms with Crippen molar-refractivity contribution in [2.24, 2.45) is 17.6 Å². The Balaban J connectivity index is 0.00000242. The van der Waals surface area contributed by atoms with E-state index in [0.717, 1.165) is 44.1 Å². The molecule has 0 spiro atoms. The lowest BCUT2D eigenvalue weighted by Gasteiger charge is -2.35. The molecule has 1 fully saturated rings. The monoisotopic (exact) mass is 365 g/mol. The zero-order valence-electron chi connectivity index (χ0n) is 14.4. The van der Waals surface area contributed by atoms with Gasteiger partial charge in [-0.2, -0.15) is 5.10 Å².